The molecule has 2 aromatic rings. The first-order valence-corrected chi connectivity index (χ1v) is 9.54. The fourth-order valence-electron chi connectivity index (χ4n) is 3.97. The number of ether oxygens (including phenoxy) is 1. The average molecular weight is 382 g/mol. The van der Waals surface area contributed by atoms with Gasteiger partial charge in [-0.1, -0.05) is 18.2 Å². The summed E-state index contributed by atoms with van der Waals surface area (Å²) in [5, 5.41) is 0. The van der Waals surface area contributed by atoms with Crippen molar-refractivity contribution in [2.75, 3.05) is 4.90 Å². The van der Waals surface area contributed by atoms with E-state index in [4.69, 9.17) is 4.74 Å². The van der Waals surface area contributed by atoms with Crippen LogP contribution in [0.2, 0.25) is 0 Å². The Kier molecular flexibility index (Phi) is 5.40. The number of aryl methyl sites for hydroxylation is 2. The number of anilines is 1. The van der Waals surface area contributed by atoms with E-state index in [9.17, 15) is 14.4 Å². The number of nitrogens with one attached hydrogen (secondary N) is 1. The normalized spacial score (nSPS) is 17.0. The van der Waals surface area contributed by atoms with Crippen LogP contribution < -0.4 is 4.90 Å². The molecule has 0 spiro atoms. The number of hydrogen-bond donors (Lipinski definition) is 1. The van der Waals surface area contributed by atoms with Gasteiger partial charge >= 0.3 is 5.97 Å². The topological polar surface area (TPSA) is 79.5 Å². The van der Waals surface area contributed by atoms with E-state index in [1.807, 2.05) is 31.2 Å². The first kappa shape index (κ1) is 19.9. The minimum absolute atomic E-state index is 0.0299. The smallest absolute Gasteiger partial charge is 0.355 e. The van der Waals surface area contributed by atoms with Crippen LogP contribution >= 0.6 is 0 Å². The van der Waals surface area contributed by atoms with Gasteiger partial charge in [-0.15, -0.1) is 0 Å². The first-order chi connectivity index (χ1) is 13.2. The second-order valence-electron chi connectivity index (χ2n) is 7.45. The lowest BCUT2D eigenvalue weighted by atomic mass is 9.96. The number of benzene rings is 1. The maximum atomic E-state index is 13.1. The van der Waals surface area contributed by atoms with Crippen LogP contribution in [0.15, 0.2) is 24.3 Å². The number of carbonyl (C=O) groups excluding carboxylic acids is 3. The molecule has 1 amide bonds. The van der Waals surface area contributed by atoms with Gasteiger partial charge in [0.1, 0.15) is 5.69 Å². The Balaban J connectivity index is 1.81. The molecule has 0 aliphatic carbocycles. The van der Waals surface area contributed by atoms with E-state index in [0.717, 1.165) is 24.1 Å². The number of para-hydroxylation sites is 1. The van der Waals surface area contributed by atoms with Crippen LogP contribution in [0.5, 0.6) is 0 Å². The summed E-state index contributed by atoms with van der Waals surface area (Å²) in [5.74, 6) is -0.999. The van der Waals surface area contributed by atoms with Crippen LogP contribution in [0.3, 0.4) is 0 Å². The van der Waals surface area contributed by atoms with Gasteiger partial charge < -0.3 is 14.6 Å². The summed E-state index contributed by atoms with van der Waals surface area (Å²) in [7, 11) is 0. The monoisotopic (exact) mass is 382 g/mol. The number of hydrogen-bond acceptors (Lipinski definition) is 4. The molecule has 2 heterocycles. The van der Waals surface area contributed by atoms with E-state index >= 15 is 0 Å². The highest BCUT2D eigenvalue weighted by Crippen LogP contribution is 2.31. The molecule has 0 saturated carbocycles. The molecule has 1 aromatic heterocycles. The van der Waals surface area contributed by atoms with Gasteiger partial charge in [-0.25, -0.2) is 4.79 Å². The molecule has 6 nitrogen and oxygen atoms in total. The molecule has 148 valence electrons. The fraction of sp³-hybridized carbons (Fsp3) is 0.409. The Hall–Kier alpha value is -2.89. The second-order valence-corrected chi connectivity index (χ2v) is 7.45. The standard InChI is InChI=1S/C22H26N2O4/c1-12-10-11-17-8-6-7-9-18(17)24(12)21(26)16(5)28-22(27)20-13(2)19(15(4)25)14(3)23-20/h6-9,12,16,23H,10-11H2,1-5H3/t12-,16-/m1/s1. The molecule has 1 aliphatic rings. The van der Waals surface area contributed by atoms with Crippen molar-refractivity contribution in [3.63, 3.8) is 0 Å². The molecule has 0 bridgehead atoms. The van der Waals surface area contributed by atoms with Gasteiger partial charge in [0.25, 0.3) is 5.91 Å². The summed E-state index contributed by atoms with van der Waals surface area (Å²) in [6, 6.07) is 7.84. The van der Waals surface area contributed by atoms with E-state index in [1.165, 1.54) is 6.92 Å². The van der Waals surface area contributed by atoms with Crippen LogP contribution in [-0.4, -0.2) is 34.8 Å². The third-order valence-corrected chi connectivity index (χ3v) is 5.39. The number of carbonyl (C=O) groups is 3. The number of aromatic nitrogens is 1. The van der Waals surface area contributed by atoms with E-state index in [2.05, 4.69) is 4.98 Å². The summed E-state index contributed by atoms with van der Waals surface area (Å²) in [5.41, 5.74) is 3.87. The Morgan fingerprint density at radius 2 is 1.89 bits per heavy atom. The summed E-state index contributed by atoms with van der Waals surface area (Å²) in [4.78, 5) is 42.2. The summed E-state index contributed by atoms with van der Waals surface area (Å²) >= 11 is 0. The average Bonchev–Trinajstić information content (AvgIpc) is 2.95. The largest absolute Gasteiger partial charge is 0.448 e. The lowest BCUT2D eigenvalue weighted by molar-refractivity contribution is -0.127. The zero-order valence-electron chi connectivity index (χ0n) is 17.0. The lowest BCUT2D eigenvalue weighted by Gasteiger charge is -2.36. The van der Waals surface area contributed by atoms with E-state index in [-0.39, 0.29) is 23.4 Å². The van der Waals surface area contributed by atoms with Gasteiger partial charge in [0.05, 0.1) is 0 Å². The van der Waals surface area contributed by atoms with Crippen molar-refractivity contribution in [2.45, 2.75) is 59.6 Å². The third kappa shape index (κ3) is 3.46. The third-order valence-electron chi connectivity index (χ3n) is 5.39. The minimum Gasteiger partial charge on any atom is -0.448 e. The van der Waals surface area contributed by atoms with Gasteiger partial charge in [0.15, 0.2) is 11.9 Å². The molecule has 0 radical (unpaired) electrons. The molecule has 3 rings (SSSR count). The van der Waals surface area contributed by atoms with Gasteiger partial charge in [-0.05, 0) is 64.7 Å². The highest BCUT2D eigenvalue weighted by molar-refractivity contribution is 6.03. The van der Waals surface area contributed by atoms with Crippen molar-refractivity contribution in [1.82, 2.24) is 4.98 Å². The maximum Gasteiger partial charge on any atom is 0.355 e. The molecular formula is C22H26N2O4. The summed E-state index contributed by atoms with van der Waals surface area (Å²) in [6.07, 6.45) is 0.842. The van der Waals surface area contributed by atoms with Gasteiger partial charge in [0, 0.05) is 23.0 Å². The van der Waals surface area contributed by atoms with Crippen LogP contribution in [0.25, 0.3) is 0 Å². The number of Topliss-reactive ketones (excluding diaryl/α,β-unsaturated/α-hetero) is 1. The van der Waals surface area contributed by atoms with Crippen molar-refractivity contribution in [1.29, 1.82) is 0 Å². The molecule has 0 saturated heterocycles. The molecule has 2 atom stereocenters. The number of aromatic amines is 1. The molecule has 1 aromatic carbocycles. The van der Waals surface area contributed by atoms with Crippen LogP contribution in [-0.2, 0) is 16.0 Å². The Morgan fingerprint density at radius 1 is 1.21 bits per heavy atom. The van der Waals surface area contributed by atoms with Gasteiger partial charge in [-0.3, -0.25) is 9.59 Å². The number of rotatable bonds is 4. The summed E-state index contributed by atoms with van der Waals surface area (Å²) < 4.78 is 5.47. The Morgan fingerprint density at radius 3 is 2.54 bits per heavy atom. The van der Waals surface area contributed by atoms with Crippen LogP contribution in [0, 0.1) is 13.8 Å². The second kappa shape index (κ2) is 7.62. The molecule has 1 N–H and O–H groups in total. The number of H-pyrrole nitrogens is 1. The predicted molar refractivity (Wildman–Crippen MR) is 107 cm³/mol. The van der Waals surface area contributed by atoms with E-state index < -0.39 is 12.1 Å². The van der Waals surface area contributed by atoms with Crippen molar-refractivity contribution in [3.8, 4) is 0 Å². The molecule has 6 heteroatoms. The summed E-state index contributed by atoms with van der Waals surface area (Å²) in [6.45, 7) is 8.48. The van der Waals surface area contributed by atoms with Crippen molar-refractivity contribution >= 4 is 23.3 Å². The molecule has 1 aliphatic heterocycles. The van der Waals surface area contributed by atoms with Crippen molar-refractivity contribution in [2.24, 2.45) is 0 Å². The highest BCUT2D eigenvalue weighted by Gasteiger charge is 2.33. The molecule has 28 heavy (non-hydrogen) atoms. The fourth-order valence-corrected chi connectivity index (χ4v) is 3.97. The zero-order chi connectivity index (χ0) is 20.6. The number of esters is 1. The SMILES string of the molecule is CC(=O)c1c(C)[nH]c(C(=O)O[C@H](C)C(=O)N2c3ccccc3CC[C@H]2C)c1C. The van der Waals surface area contributed by atoms with Crippen molar-refractivity contribution < 1.29 is 19.1 Å². The number of amides is 1. The van der Waals surface area contributed by atoms with E-state index in [1.54, 1.807) is 25.7 Å². The van der Waals surface area contributed by atoms with Gasteiger partial charge in [-0.2, -0.15) is 0 Å². The Bertz CT molecular complexity index is 944. The van der Waals surface area contributed by atoms with Gasteiger partial charge in [0.2, 0.25) is 0 Å². The van der Waals surface area contributed by atoms with E-state index in [0.29, 0.717) is 16.8 Å². The predicted octanol–water partition coefficient (Wildman–Crippen LogP) is 3.75. The molecular weight excluding hydrogens is 356 g/mol. The molecule has 0 unspecified atom stereocenters. The number of ketones is 1. The quantitative estimate of drug-likeness (QED) is 0.645. The number of nitrogens with zero attached hydrogens (tertiary/aromatic N) is 1. The Labute approximate surface area is 164 Å². The zero-order valence-corrected chi connectivity index (χ0v) is 17.0. The highest BCUT2D eigenvalue weighted by atomic mass is 16.5. The van der Waals surface area contributed by atoms with Crippen LogP contribution in [0.4, 0.5) is 5.69 Å². The minimum atomic E-state index is -0.940. The maximum absolute atomic E-state index is 13.1. The van der Waals surface area contributed by atoms with Crippen molar-refractivity contribution in [3.05, 3.63) is 52.3 Å². The van der Waals surface area contributed by atoms with Crippen LogP contribution in [0.1, 0.15) is 64.9 Å². The number of fused-ring (bicyclic) bond motifs is 1. The molecule has 0 fully saturated rings. The first-order valence-electron chi connectivity index (χ1n) is 9.54. The lowest BCUT2D eigenvalue weighted by Crippen LogP contribution is -2.47.